The van der Waals surface area contributed by atoms with Crippen LogP contribution in [-0.2, 0) is 0 Å². The quantitative estimate of drug-likeness (QED) is 0.873. The fourth-order valence-corrected chi connectivity index (χ4v) is 2.40. The highest BCUT2D eigenvalue weighted by Crippen LogP contribution is 2.28. The number of hydrogen-bond acceptors (Lipinski definition) is 3. The first-order valence-electron chi connectivity index (χ1n) is 6.47. The molecule has 1 aliphatic rings. The predicted octanol–water partition coefficient (Wildman–Crippen LogP) is 2.62. The van der Waals surface area contributed by atoms with Gasteiger partial charge in [0.1, 0.15) is 0 Å². The van der Waals surface area contributed by atoms with Crippen LogP contribution < -0.4 is 4.90 Å². The summed E-state index contributed by atoms with van der Waals surface area (Å²) in [5.41, 5.74) is 1.92. The molecule has 0 radical (unpaired) electrons. The molecule has 1 fully saturated rings. The largest absolute Gasteiger partial charge is 0.387 e. The van der Waals surface area contributed by atoms with E-state index in [0.717, 1.165) is 30.6 Å². The van der Waals surface area contributed by atoms with Gasteiger partial charge < -0.3 is 10.0 Å². The summed E-state index contributed by atoms with van der Waals surface area (Å²) in [6, 6.07) is 3.99. The molecule has 0 spiro atoms. The van der Waals surface area contributed by atoms with Crippen molar-refractivity contribution in [2.75, 3.05) is 18.0 Å². The molecule has 1 aliphatic heterocycles. The van der Waals surface area contributed by atoms with Gasteiger partial charge in [0, 0.05) is 13.1 Å². The van der Waals surface area contributed by atoms with Gasteiger partial charge in [0.2, 0.25) is 0 Å². The highest BCUT2D eigenvalue weighted by molar-refractivity contribution is 5.45. The summed E-state index contributed by atoms with van der Waals surface area (Å²) < 4.78 is 0. The summed E-state index contributed by atoms with van der Waals surface area (Å²) in [7, 11) is 0. The molecule has 1 aromatic heterocycles. The Kier molecular flexibility index (Phi) is 3.67. The van der Waals surface area contributed by atoms with Gasteiger partial charge in [-0.05, 0) is 37.3 Å². The molecule has 0 aliphatic carbocycles. The third-order valence-electron chi connectivity index (χ3n) is 3.73. The molecular formula is C14H22N2O. The van der Waals surface area contributed by atoms with Crippen LogP contribution in [0.3, 0.4) is 0 Å². The summed E-state index contributed by atoms with van der Waals surface area (Å²) in [6.07, 6.45) is 2.67. The summed E-state index contributed by atoms with van der Waals surface area (Å²) >= 11 is 0. The molecule has 0 amide bonds. The summed E-state index contributed by atoms with van der Waals surface area (Å²) in [4.78, 5) is 6.69. The lowest BCUT2D eigenvalue weighted by Gasteiger charge is -2.20. The zero-order valence-electron chi connectivity index (χ0n) is 10.9. The second-order valence-electron chi connectivity index (χ2n) is 5.36. The molecule has 2 heterocycles. The lowest BCUT2D eigenvalue weighted by Crippen LogP contribution is -2.21. The second kappa shape index (κ2) is 5.05. The molecule has 1 unspecified atom stereocenters. The van der Waals surface area contributed by atoms with Crippen LogP contribution >= 0.6 is 0 Å². The number of aliphatic hydroxyl groups excluding tert-OH is 1. The Hall–Kier alpha value is -1.09. The standard InChI is InChI=1S/C14H22N2O/c1-10(2)12-6-7-16(9-12)13-4-5-14(11(3)17)15-8-13/h4-5,8,10-12,17H,6-7,9H2,1-3H3/t11-,12?/m1/s1. The minimum Gasteiger partial charge on any atom is -0.387 e. The van der Waals surface area contributed by atoms with E-state index in [1.54, 1.807) is 6.92 Å². The van der Waals surface area contributed by atoms with Crippen LogP contribution in [0.15, 0.2) is 18.3 Å². The highest BCUT2D eigenvalue weighted by atomic mass is 16.3. The Morgan fingerprint density at radius 1 is 1.35 bits per heavy atom. The zero-order valence-corrected chi connectivity index (χ0v) is 10.9. The summed E-state index contributed by atoms with van der Waals surface area (Å²) in [6.45, 7) is 8.59. The molecule has 0 bridgehead atoms. The van der Waals surface area contributed by atoms with Crippen molar-refractivity contribution in [2.24, 2.45) is 11.8 Å². The fourth-order valence-electron chi connectivity index (χ4n) is 2.40. The van der Waals surface area contributed by atoms with Crippen LogP contribution in [0.5, 0.6) is 0 Å². The van der Waals surface area contributed by atoms with Gasteiger partial charge in [0.25, 0.3) is 0 Å². The van der Waals surface area contributed by atoms with Crippen molar-refractivity contribution in [1.29, 1.82) is 0 Å². The van der Waals surface area contributed by atoms with Crippen molar-refractivity contribution in [1.82, 2.24) is 4.98 Å². The second-order valence-corrected chi connectivity index (χ2v) is 5.36. The molecule has 3 nitrogen and oxygen atoms in total. The Morgan fingerprint density at radius 3 is 2.59 bits per heavy atom. The molecule has 2 atom stereocenters. The van der Waals surface area contributed by atoms with Gasteiger partial charge in [-0.2, -0.15) is 0 Å². The third kappa shape index (κ3) is 2.78. The molecule has 2 rings (SSSR count). The van der Waals surface area contributed by atoms with Gasteiger partial charge in [-0.3, -0.25) is 4.98 Å². The van der Waals surface area contributed by atoms with Crippen LogP contribution in [-0.4, -0.2) is 23.2 Å². The minimum atomic E-state index is -0.481. The van der Waals surface area contributed by atoms with E-state index in [9.17, 15) is 5.11 Å². The van der Waals surface area contributed by atoms with Crippen LogP contribution in [0.2, 0.25) is 0 Å². The van der Waals surface area contributed by atoms with Gasteiger partial charge in [0.15, 0.2) is 0 Å². The van der Waals surface area contributed by atoms with E-state index >= 15 is 0 Å². The number of rotatable bonds is 3. The van der Waals surface area contributed by atoms with E-state index in [1.807, 2.05) is 12.3 Å². The Morgan fingerprint density at radius 2 is 2.12 bits per heavy atom. The van der Waals surface area contributed by atoms with Gasteiger partial charge in [-0.25, -0.2) is 0 Å². The topological polar surface area (TPSA) is 36.4 Å². The SMILES string of the molecule is CC(C)C1CCN(c2ccc([C@@H](C)O)nc2)C1. The normalized spacial score (nSPS) is 22.2. The first kappa shape index (κ1) is 12.4. The van der Waals surface area contributed by atoms with Crippen LogP contribution in [0, 0.1) is 11.8 Å². The lowest BCUT2D eigenvalue weighted by molar-refractivity contribution is 0.194. The van der Waals surface area contributed by atoms with Crippen molar-refractivity contribution in [3.63, 3.8) is 0 Å². The molecule has 94 valence electrons. The monoisotopic (exact) mass is 234 g/mol. The molecule has 3 heteroatoms. The van der Waals surface area contributed by atoms with Gasteiger partial charge in [-0.15, -0.1) is 0 Å². The predicted molar refractivity (Wildman–Crippen MR) is 70.0 cm³/mol. The molecule has 1 N–H and O–H groups in total. The van der Waals surface area contributed by atoms with E-state index in [-0.39, 0.29) is 0 Å². The van der Waals surface area contributed by atoms with Crippen molar-refractivity contribution >= 4 is 5.69 Å². The Balaban J connectivity index is 2.04. The van der Waals surface area contributed by atoms with Crippen molar-refractivity contribution < 1.29 is 5.11 Å². The van der Waals surface area contributed by atoms with Gasteiger partial charge >= 0.3 is 0 Å². The van der Waals surface area contributed by atoms with E-state index in [4.69, 9.17) is 0 Å². The molecule has 1 aromatic rings. The van der Waals surface area contributed by atoms with E-state index in [1.165, 1.54) is 12.1 Å². The first-order valence-corrected chi connectivity index (χ1v) is 6.47. The average molecular weight is 234 g/mol. The maximum Gasteiger partial charge on any atom is 0.0931 e. The summed E-state index contributed by atoms with van der Waals surface area (Å²) in [5.74, 6) is 1.55. The smallest absolute Gasteiger partial charge is 0.0931 e. The number of pyridine rings is 1. The number of aliphatic hydroxyl groups is 1. The Labute approximate surface area is 103 Å². The first-order chi connectivity index (χ1) is 8.08. The maximum atomic E-state index is 9.42. The molecular weight excluding hydrogens is 212 g/mol. The van der Waals surface area contributed by atoms with Crippen molar-refractivity contribution in [3.8, 4) is 0 Å². The Bertz CT molecular complexity index is 359. The average Bonchev–Trinajstić information content (AvgIpc) is 2.78. The van der Waals surface area contributed by atoms with Crippen molar-refractivity contribution in [2.45, 2.75) is 33.3 Å². The van der Waals surface area contributed by atoms with E-state index < -0.39 is 6.10 Å². The maximum absolute atomic E-state index is 9.42. The highest BCUT2D eigenvalue weighted by Gasteiger charge is 2.25. The molecule has 17 heavy (non-hydrogen) atoms. The molecule has 1 saturated heterocycles. The van der Waals surface area contributed by atoms with Crippen LogP contribution in [0.4, 0.5) is 5.69 Å². The minimum absolute atomic E-state index is 0.481. The summed E-state index contributed by atoms with van der Waals surface area (Å²) in [5, 5.41) is 9.42. The zero-order chi connectivity index (χ0) is 12.4. The number of aromatic nitrogens is 1. The van der Waals surface area contributed by atoms with Crippen LogP contribution in [0.25, 0.3) is 0 Å². The van der Waals surface area contributed by atoms with E-state index in [0.29, 0.717) is 0 Å². The molecule has 0 saturated carbocycles. The number of anilines is 1. The third-order valence-corrected chi connectivity index (χ3v) is 3.73. The number of nitrogens with zero attached hydrogens (tertiary/aromatic N) is 2. The van der Waals surface area contributed by atoms with Gasteiger partial charge in [0.05, 0.1) is 23.7 Å². The van der Waals surface area contributed by atoms with Gasteiger partial charge in [-0.1, -0.05) is 13.8 Å². The molecule has 0 aromatic carbocycles. The number of hydrogen-bond donors (Lipinski definition) is 1. The van der Waals surface area contributed by atoms with Crippen LogP contribution in [0.1, 0.15) is 39.0 Å². The van der Waals surface area contributed by atoms with E-state index in [2.05, 4.69) is 29.8 Å². The lowest BCUT2D eigenvalue weighted by atomic mass is 9.95. The van der Waals surface area contributed by atoms with Crippen molar-refractivity contribution in [3.05, 3.63) is 24.0 Å². The fraction of sp³-hybridized carbons (Fsp3) is 0.643.